The van der Waals surface area contributed by atoms with Crippen molar-refractivity contribution in [3.8, 4) is 0 Å². The van der Waals surface area contributed by atoms with Crippen LogP contribution in [0.25, 0.3) is 0 Å². The van der Waals surface area contributed by atoms with Crippen LogP contribution in [0.2, 0.25) is 0 Å². The van der Waals surface area contributed by atoms with Crippen molar-refractivity contribution in [3.05, 3.63) is 0 Å². The van der Waals surface area contributed by atoms with Gasteiger partial charge in [-0.05, 0) is 26.9 Å². The van der Waals surface area contributed by atoms with Gasteiger partial charge in [0.15, 0.2) is 0 Å². The fourth-order valence-electron chi connectivity index (χ4n) is 0. The first-order chi connectivity index (χ1) is 3.73. The van der Waals surface area contributed by atoms with E-state index in [1.54, 1.807) is 20.8 Å². The van der Waals surface area contributed by atoms with Crippen molar-refractivity contribution in [2.75, 3.05) is 0 Å². The molecule has 1 N–H and O–H groups in total. The standard InChI is InChI=1S/C4H10O.CH2O3.2Na/c1-4(2,3)5;2-1(3)4;;/h5H,1-3H3;(H2,2,3,4);;/q;;2*+1/p-2. The summed E-state index contributed by atoms with van der Waals surface area (Å²) < 4.78 is 0. The molecule has 0 fully saturated rings. The zero-order valence-electron chi connectivity index (χ0n) is 7.67. The molecule has 56 valence electrons. The summed E-state index contributed by atoms with van der Waals surface area (Å²) in [6, 6.07) is 0. The van der Waals surface area contributed by atoms with Gasteiger partial charge < -0.3 is 20.1 Å². The average molecular weight is 180 g/mol. The third kappa shape index (κ3) is 632. The topological polar surface area (TPSA) is 83.4 Å². The maximum absolute atomic E-state index is 8.52. The van der Waals surface area contributed by atoms with Crippen LogP contribution < -0.4 is 69.3 Å². The van der Waals surface area contributed by atoms with Gasteiger partial charge >= 0.3 is 59.1 Å². The van der Waals surface area contributed by atoms with Crippen molar-refractivity contribution in [1.82, 2.24) is 0 Å². The molecule has 0 rings (SSSR count). The number of rotatable bonds is 0. The predicted octanol–water partition coefficient (Wildman–Crippen LogP) is -7.66. The molecular formula is C5H10Na2O4. The van der Waals surface area contributed by atoms with Gasteiger partial charge in [0.25, 0.3) is 0 Å². The SMILES string of the molecule is CC(C)(C)O.O=C([O-])[O-].[Na+].[Na+]. The van der Waals surface area contributed by atoms with Gasteiger partial charge in [0.05, 0.1) is 5.60 Å². The molecule has 0 saturated carbocycles. The minimum Gasteiger partial charge on any atom is -0.652 e. The Balaban J connectivity index is -0.0000000383. The van der Waals surface area contributed by atoms with E-state index in [9.17, 15) is 0 Å². The van der Waals surface area contributed by atoms with Crippen LogP contribution in [0, 0.1) is 0 Å². The van der Waals surface area contributed by atoms with Gasteiger partial charge in [-0.25, -0.2) is 0 Å². The fourth-order valence-corrected chi connectivity index (χ4v) is 0. The van der Waals surface area contributed by atoms with Crippen LogP contribution in [0.4, 0.5) is 4.79 Å². The summed E-state index contributed by atoms with van der Waals surface area (Å²) in [5.41, 5.74) is -0.500. The summed E-state index contributed by atoms with van der Waals surface area (Å²) in [7, 11) is 0. The van der Waals surface area contributed by atoms with Gasteiger partial charge in [-0.15, -0.1) is 0 Å². The van der Waals surface area contributed by atoms with Crippen LogP contribution in [-0.4, -0.2) is 16.9 Å². The molecule has 0 aliphatic rings. The maximum atomic E-state index is 8.52. The predicted molar refractivity (Wildman–Crippen MR) is 27.4 cm³/mol. The summed E-state index contributed by atoms with van der Waals surface area (Å²) in [6.45, 7) is 5.23. The van der Waals surface area contributed by atoms with Crippen molar-refractivity contribution in [2.24, 2.45) is 0 Å². The van der Waals surface area contributed by atoms with E-state index in [1.165, 1.54) is 0 Å². The second-order valence-electron chi connectivity index (χ2n) is 2.42. The molecule has 6 heteroatoms. The van der Waals surface area contributed by atoms with E-state index in [1.807, 2.05) is 0 Å². The molecule has 0 heterocycles. The normalized spacial score (nSPS) is 7.64. The molecule has 0 aliphatic carbocycles. The Kier molecular flexibility index (Phi) is 23.2. The Bertz CT molecular complexity index is 79.0. The van der Waals surface area contributed by atoms with E-state index in [2.05, 4.69) is 0 Å². The van der Waals surface area contributed by atoms with Gasteiger partial charge in [0.1, 0.15) is 0 Å². The monoisotopic (exact) mass is 180 g/mol. The van der Waals surface area contributed by atoms with Gasteiger partial charge in [0, 0.05) is 0 Å². The first-order valence-electron chi connectivity index (χ1n) is 2.34. The molecule has 0 aliphatic heterocycles. The van der Waals surface area contributed by atoms with E-state index in [0.29, 0.717) is 0 Å². The van der Waals surface area contributed by atoms with Crippen molar-refractivity contribution >= 4 is 6.16 Å². The maximum Gasteiger partial charge on any atom is 1.00 e. The quantitative estimate of drug-likeness (QED) is 0.375. The van der Waals surface area contributed by atoms with E-state index in [0.717, 1.165) is 0 Å². The number of hydrogen-bond acceptors (Lipinski definition) is 4. The molecule has 0 aromatic rings. The summed E-state index contributed by atoms with van der Waals surface area (Å²) in [5.74, 6) is 0. The first kappa shape index (κ1) is 22.8. The minimum absolute atomic E-state index is 0. The molecular weight excluding hydrogens is 170 g/mol. The summed E-state index contributed by atoms with van der Waals surface area (Å²) in [6.07, 6.45) is -2.33. The Labute approximate surface area is 111 Å². The summed E-state index contributed by atoms with van der Waals surface area (Å²) in [5, 5.41) is 25.2. The molecule has 0 radical (unpaired) electrons. The van der Waals surface area contributed by atoms with E-state index in [-0.39, 0.29) is 59.1 Å². The van der Waals surface area contributed by atoms with Gasteiger partial charge in [-0.2, -0.15) is 0 Å². The molecule has 4 nitrogen and oxygen atoms in total. The number of hydrogen-bond donors (Lipinski definition) is 1. The fraction of sp³-hybridized carbons (Fsp3) is 0.800. The van der Waals surface area contributed by atoms with Crippen molar-refractivity contribution in [3.63, 3.8) is 0 Å². The molecule has 0 unspecified atom stereocenters. The zero-order chi connectivity index (χ0) is 8.08. The van der Waals surface area contributed by atoms with Crippen molar-refractivity contribution < 1.29 is 79.2 Å². The van der Waals surface area contributed by atoms with Crippen LogP contribution >= 0.6 is 0 Å². The molecule has 0 amide bonds. The summed E-state index contributed by atoms with van der Waals surface area (Å²) >= 11 is 0. The number of carbonyl (C=O) groups excluding carboxylic acids is 1. The Hall–Kier alpha value is 1.23. The van der Waals surface area contributed by atoms with Crippen LogP contribution in [-0.2, 0) is 0 Å². The Morgan fingerprint density at radius 1 is 1.18 bits per heavy atom. The number of aliphatic hydroxyl groups is 1. The average Bonchev–Trinajstić information content (AvgIpc) is 1.19. The third-order valence-electron chi connectivity index (χ3n) is 0. The van der Waals surface area contributed by atoms with Crippen LogP contribution in [0.1, 0.15) is 20.8 Å². The van der Waals surface area contributed by atoms with Crippen LogP contribution in [0.15, 0.2) is 0 Å². The van der Waals surface area contributed by atoms with E-state index < -0.39 is 11.8 Å². The molecule has 0 atom stereocenters. The summed E-state index contributed by atoms with van der Waals surface area (Å²) in [4.78, 5) is 8.33. The second-order valence-corrected chi connectivity index (χ2v) is 2.42. The number of carbonyl (C=O) groups is 1. The molecule has 0 aromatic carbocycles. The third-order valence-corrected chi connectivity index (χ3v) is 0. The van der Waals surface area contributed by atoms with Crippen LogP contribution in [0.5, 0.6) is 0 Å². The van der Waals surface area contributed by atoms with Crippen molar-refractivity contribution in [2.45, 2.75) is 26.4 Å². The molecule has 11 heavy (non-hydrogen) atoms. The largest absolute Gasteiger partial charge is 1.00 e. The minimum atomic E-state index is -2.33. The Morgan fingerprint density at radius 3 is 1.18 bits per heavy atom. The van der Waals surface area contributed by atoms with Crippen molar-refractivity contribution in [1.29, 1.82) is 0 Å². The Morgan fingerprint density at radius 2 is 1.18 bits per heavy atom. The molecule has 0 aromatic heterocycles. The van der Waals surface area contributed by atoms with Gasteiger partial charge in [-0.1, -0.05) is 0 Å². The second kappa shape index (κ2) is 11.2. The number of carboxylic acid groups (broad SMARTS) is 2. The zero-order valence-corrected chi connectivity index (χ0v) is 11.7. The molecule has 0 spiro atoms. The van der Waals surface area contributed by atoms with Gasteiger partial charge in [0.2, 0.25) is 0 Å². The smallest absolute Gasteiger partial charge is 0.652 e. The van der Waals surface area contributed by atoms with Crippen LogP contribution in [0.3, 0.4) is 0 Å². The van der Waals surface area contributed by atoms with Gasteiger partial charge in [-0.3, -0.25) is 0 Å². The van der Waals surface area contributed by atoms with E-state index in [4.69, 9.17) is 20.1 Å². The molecule has 0 bridgehead atoms. The first-order valence-corrected chi connectivity index (χ1v) is 2.34. The van der Waals surface area contributed by atoms with E-state index >= 15 is 0 Å². The molecule has 0 saturated heterocycles.